The van der Waals surface area contributed by atoms with Gasteiger partial charge in [-0.05, 0) is 48.2 Å². The molecule has 0 spiro atoms. The Morgan fingerprint density at radius 3 is 1.42 bits per heavy atom. The predicted octanol–water partition coefficient (Wildman–Crippen LogP) is 11.1. The number of esters is 2. The number of benzene rings is 4. The van der Waals surface area contributed by atoms with Crippen molar-refractivity contribution in [2.45, 2.75) is 84.7 Å². The highest BCUT2D eigenvalue weighted by Crippen LogP contribution is 2.28. The van der Waals surface area contributed by atoms with Gasteiger partial charge in [0, 0.05) is 49.1 Å². The third kappa shape index (κ3) is 11.2. The summed E-state index contributed by atoms with van der Waals surface area (Å²) in [5, 5.41) is 6.70. The van der Waals surface area contributed by atoms with Crippen molar-refractivity contribution in [3.05, 3.63) is 203 Å². The molecule has 2 unspecified atom stereocenters. The summed E-state index contributed by atoms with van der Waals surface area (Å²) in [6.07, 6.45) is 5.04. The van der Waals surface area contributed by atoms with E-state index in [1.54, 1.807) is 12.4 Å². The summed E-state index contributed by atoms with van der Waals surface area (Å²) in [7, 11) is 0. The average molecular weight is 879 g/mol. The molecule has 4 aromatic carbocycles. The van der Waals surface area contributed by atoms with Gasteiger partial charge in [-0.3, -0.25) is 0 Å². The van der Waals surface area contributed by atoms with Crippen LogP contribution in [0.15, 0.2) is 155 Å². The lowest BCUT2D eigenvalue weighted by Gasteiger charge is -2.22. The summed E-state index contributed by atoms with van der Waals surface area (Å²) >= 11 is 0. The van der Waals surface area contributed by atoms with Crippen molar-refractivity contribution in [1.29, 1.82) is 0 Å². The predicted molar refractivity (Wildman–Crippen MR) is 257 cm³/mol. The van der Waals surface area contributed by atoms with E-state index in [2.05, 4.69) is 24.5 Å². The first-order valence-electron chi connectivity index (χ1n) is 22.5. The van der Waals surface area contributed by atoms with Gasteiger partial charge in [-0.25, -0.2) is 29.5 Å². The fourth-order valence-electron chi connectivity index (χ4n) is 8.06. The number of hydrogen-bond acceptors (Lipinski definition) is 11. The number of nitrogens with one attached hydrogen (secondary N) is 2. The van der Waals surface area contributed by atoms with Crippen LogP contribution < -0.4 is 10.6 Å². The first-order valence-corrected chi connectivity index (χ1v) is 22.5. The second-order valence-corrected chi connectivity index (χ2v) is 16.8. The van der Waals surface area contributed by atoms with Crippen LogP contribution in [0.2, 0.25) is 0 Å². The Hall–Kier alpha value is -7.66. The van der Waals surface area contributed by atoms with E-state index in [-0.39, 0.29) is 18.8 Å². The number of rotatable bonds is 18. The van der Waals surface area contributed by atoms with Gasteiger partial charge in [-0.2, -0.15) is 0 Å². The maximum Gasteiger partial charge on any atom is 0.336 e. The lowest BCUT2D eigenvalue weighted by Crippen LogP contribution is -2.41. The molecular weight excluding hydrogens is 825 g/mol. The number of aryl methyl sites for hydroxylation is 3. The summed E-state index contributed by atoms with van der Waals surface area (Å²) in [5.41, 5.74) is 8.38. The summed E-state index contributed by atoms with van der Waals surface area (Å²) in [6.45, 7) is 10.1. The SMILES string of the molecule is CCc1oc(CC(Nc2ncc(-c3ccccc3)nc2Cc2ccccc2)C(=O)OC(=O)C(Cc2cc(C)c(C(C)C)o2)Nc2ncc(-c3ccccc3)nc2Cc2ccccc2)cc1C. The molecule has 0 aliphatic carbocycles. The van der Waals surface area contributed by atoms with Crippen molar-refractivity contribution in [2.24, 2.45) is 0 Å². The zero-order valence-electron chi connectivity index (χ0n) is 38.0. The minimum Gasteiger partial charge on any atom is -0.466 e. The first-order chi connectivity index (χ1) is 32.1. The summed E-state index contributed by atoms with van der Waals surface area (Å²) in [5.74, 6) is 2.01. The van der Waals surface area contributed by atoms with E-state index in [0.29, 0.717) is 65.2 Å². The number of carbonyl (C=O) groups is 2. The van der Waals surface area contributed by atoms with Crippen LogP contribution >= 0.6 is 0 Å². The number of furan rings is 2. The molecule has 0 saturated heterocycles. The van der Waals surface area contributed by atoms with Gasteiger partial charge < -0.3 is 24.2 Å². The van der Waals surface area contributed by atoms with Crippen LogP contribution in [0.5, 0.6) is 0 Å². The van der Waals surface area contributed by atoms with Crippen molar-refractivity contribution in [2.75, 3.05) is 10.6 Å². The molecule has 0 amide bonds. The standard InChI is InChI=1S/C55H54N6O5/c1-6-50-36(4)27-42(64-50)31-46(60-52-44(29-38-19-11-7-12-20-38)58-48(33-56-52)40-23-15-9-16-24-40)54(62)66-55(63)47(32-43-28-37(5)51(65-43)35(2)3)61-53-45(30-39-21-13-8-14-22-39)59-49(34-57-53)41-25-17-10-18-26-41/h7-28,33-35,46-47H,6,29-32H2,1-5H3,(H,56,60)(H,57,61). The maximum atomic E-state index is 14.7. The second-order valence-electron chi connectivity index (χ2n) is 16.8. The molecule has 334 valence electrons. The van der Waals surface area contributed by atoms with Gasteiger partial charge in [0.2, 0.25) is 0 Å². The van der Waals surface area contributed by atoms with Crippen molar-refractivity contribution < 1.29 is 23.2 Å². The Bertz CT molecular complexity index is 2880. The number of nitrogens with zero attached hydrogens (tertiary/aromatic N) is 4. The number of anilines is 2. The van der Waals surface area contributed by atoms with E-state index < -0.39 is 24.0 Å². The minimum absolute atomic E-state index is 0.0650. The normalized spacial score (nSPS) is 12.2. The van der Waals surface area contributed by atoms with Gasteiger partial charge in [0.25, 0.3) is 0 Å². The topological polar surface area (TPSA) is 145 Å². The van der Waals surface area contributed by atoms with Crippen LogP contribution in [0.1, 0.15) is 83.4 Å². The van der Waals surface area contributed by atoms with Gasteiger partial charge in [0.1, 0.15) is 46.8 Å². The van der Waals surface area contributed by atoms with E-state index >= 15 is 0 Å². The highest BCUT2D eigenvalue weighted by Gasteiger charge is 2.32. The molecule has 4 heterocycles. The largest absolute Gasteiger partial charge is 0.466 e. The van der Waals surface area contributed by atoms with E-state index in [1.807, 2.05) is 154 Å². The molecular formula is C55H54N6O5. The molecule has 8 aromatic rings. The molecule has 0 aliphatic heterocycles. The van der Waals surface area contributed by atoms with Gasteiger partial charge >= 0.3 is 11.9 Å². The summed E-state index contributed by atoms with van der Waals surface area (Å²) in [4.78, 5) is 49.2. The molecule has 11 nitrogen and oxygen atoms in total. The van der Waals surface area contributed by atoms with Crippen molar-refractivity contribution in [3.63, 3.8) is 0 Å². The van der Waals surface area contributed by atoms with E-state index in [1.165, 1.54) is 0 Å². The Labute approximate surface area is 385 Å². The Morgan fingerprint density at radius 1 is 0.591 bits per heavy atom. The Morgan fingerprint density at radius 2 is 1.02 bits per heavy atom. The number of aromatic nitrogens is 4. The lowest BCUT2D eigenvalue weighted by atomic mass is 10.1. The van der Waals surface area contributed by atoms with Gasteiger partial charge in [0.05, 0.1) is 35.2 Å². The van der Waals surface area contributed by atoms with Crippen LogP contribution in [0.25, 0.3) is 22.5 Å². The summed E-state index contributed by atoms with van der Waals surface area (Å²) < 4.78 is 18.5. The van der Waals surface area contributed by atoms with Crippen LogP contribution in [0, 0.1) is 13.8 Å². The molecule has 0 saturated carbocycles. The molecule has 2 N–H and O–H groups in total. The van der Waals surface area contributed by atoms with Crippen LogP contribution in [-0.2, 0) is 46.4 Å². The average Bonchev–Trinajstić information content (AvgIpc) is 3.90. The van der Waals surface area contributed by atoms with Crippen LogP contribution in [-0.4, -0.2) is 44.0 Å². The number of ether oxygens (including phenoxy) is 1. The number of hydrogen-bond donors (Lipinski definition) is 2. The quantitative estimate of drug-likeness (QED) is 0.0627. The lowest BCUT2D eigenvalue weighted by molar-refractivity contribution is -0.160. The minimum atomic E-state index is -1.11. The first kappa shape index (κ1) is 44.9. The Kier molecular flexibility index (Phi) is 14.2. The zero-order valence-corrected chi connectivity index (χ0v) is 38.0. The van der Waals surface area contributed by atoms with Crippen molar-refractivity contribution in [3.8, 4) is 22.5 Å². The fraction of sp³-hybridized carbons (Fsp3) is 0.236. The monoisotopic (exact) mass is 878 g/mol. The van der Waals surface area contributed by atoms with Gasteiger partial charge in [-0.1, -0.05) is 142 Å². The molecule has 11 heteroatoms. The van der Waals surface area contributed by atoms with E-state index in [0.717, 1.165) is 44.9 Å². The third-order valence-corrected chi connectivity index (χ3v) is 11.4. The van der Waals surface area contributed by atoms with Crippen molar-refractivity contribution in [1.82, 2.24) is 19.9 Å². The van der Waals surface area contributed by atoms with Crippen LogP contribution in [0.3, 0.4) is 0 Å². The molecule has 66 heavy (non-hydrogen) atoms. The third-order valence-electron chi connectivity index (χ3n) is 11.4. The van der Waals surface area contributed by atoms with Gasteiger partial charge in [0.15, 0.2) is 0 Å². The zero-order chi connectivity index (χ0) is 46.0. The molecule has 0 aliphatic rings. The molecule has 0 radical (unpaired) electrons. The van der Waals surface area contributed by atoms with Gasteiger partial charge in [-0.15, -0.1) is 0 Å². The second kappa shape index (κ2) is 20.9. The summed E-state index contributed by atoms with van der Waals surface area (Å²) in [6, 6.07) is 41.1. The maximum absolute atomic E-state index is 14.7. The molecule has 0 bridgehead atoms. The highest BCUT2D eigenvalue weighted by molar-refractivity contribution is 5.93. The van der Waals surface area contributed by atoms with E-state index in [9.17, 15) is 9.59 Å². The smallest absolute Gasteiger partial charge is 0.336 e. The van der Waals surface area contributed by atoms with Crippen molar-refractivity contribution >= 4 is 23.6 Å². The molecule has 0 fully saturated rings. The molecule has 8 rings (SSSR count). The Balaban J connectivity index is 1.14. The molecule has 4 aromatic heterocycles. The number of carbonyl (C=O) groups excluding carboxylic acids is 2. The fourth-order valence-corrected chi connectivity index (χ4v) is 8.06. The van der Waals surface area contributed by atoms with E-state index in [4.69, 9.17) is 33.5 Å². The highest BCUT2D eigenvalue weighted by atomic mass is 16.6. The van der Waals surface area contributed by atoms with Crippen LogP contribution in [0.4, 0.5) is 11.6 Å². The molecule has 2 atom stereocenters.